The van der Waals surface area contributed by atoms with Crippen molar-refractivity contribution in [3.8, 4) is 11.5 Å². The number of para-hydroxylation sites is 2. The number of hydrogen-bond donors (Lipinski definition) is 0. The molecule has 3 rings (SSSR count). The van der Waals surface area contributed by atoms with E-state index in [2.05, 4.69) is 22.6 Å². The first-order chi connectivity index (χ1) is 10.6. The Kier molecular flexibility index (Phi) is 4.52. The Bertz CT molecular complexity index is 689. The highest BCUT2D eigenvalue weighted by atomic mass is 127. The predicted octanol–water partition coefficient (Wildman–Crippen LogP) is 3.20. The SMILES string of the molecule is CN(CC1COc2ccccc2O1)C(=O)c1cccc(I)c1. The zero-order valence-electron chi connectivity index (χ0n) is 12.2. The quantitative estimate of drug-likeness (QED) is 0.732. The summed E-state index contributed by atoms with van der Waals surface area (Å²) in [4.78, 5) is 14.1. The van der Waals surface area contributed by atoms with Crippen molar-refractivity contribution < 1.29 is 14.3 Å². The number of hydrogen-bond acceptors (Lipinski definition) is 3. The molecule has 4 nitrogen and oxygen atoms in total. The second-order valence-electron chi connectivity index (χ2n) is 5.19. The van der Waals surface area contributed by atoms with Crippen LogP contribution in [0.4, 0.5) is 0 Å². The minimum atomic E-state index is -0.161. The minimum Gasteiger partial charge on any atom is -0.486 e. The van der Waals surface area contributed by atoms with Crippen LogP contribution in [0.5, 0.6) is 11.5 Å². The molecule has 22 heavy (non-hydrogen) atoms. The van der Waals surface area contributed by atoms with Crippen LogP contribution in [-0.4, -0.2) is 37.1 Å². The van der Waals surface area contributed by atoms with Gasteiger partial charge in [0.1, 0.15) is 6.61 Å². The van der Waals surface area contributed by atoms with Gasteiger partial charge in [-0.25, -0.2) is 0 Å². The maximum absolute atomic E-state index is 12.4. The summed E-state index contributed by atoms with van der Waals surface area (Å²) in [5, 5.41) is 0. The van der Waals surface area contributed by atoms with Gasteiger partial charge < -0.3 is 14.4 Å². The fraction of sp³-hybridized carbons (Fsp3) is 0.235. The van der Waals surface area contributed by atoms with E-state index >= 15 is 0 Å². The second kappa shape index (κ2) is 6.56. The second-order valence-corrected chi connectivity index (χ2v) is 6.44. The van der Waals surface area contributed by atoms with Gasteiger partial charge in [-0.3, -0.25) is 4.79 Å². The Morgan fingerprint density at radius 2 is 2.00 bits per heavy atom. The van der Waals surface area contributed by atoms with Crippen LogP contribution in [0.2, 0.25) is 0 Å². The van der Waals surface area contributed by atoms with Gasteiger partial charge in [0.15, 0.2) is 17.6 Å². The Morgan fingerprint density at radius 3 is 2.77 bits per heavy atom. The summed E-state index contributed by atoms with van der Waals surface area (Å²) in [6, 6.07) is 15.1. The van der Waals surface area contributed by atoms with Crippen LogP contribution in [0.25, 0.3) is 0 Å². The summed E-state index contributed by atoms with van der Waals surface area (Å²) in [5.41, 5.74) is 0.687. The molecule has 0 saturated heterocycles. The molecule has 5 heteroatoms. The summed E-state index contributed by atoms with van der Waals surface area (Å²) in [5.74, 6) is 1.47. The van der Waals surface area contributed by atoms with Crippen molar-refractivity contribution in [3.63, 3.8) is 0 Å². The number of halogens is 1. The molecule has 1 heterocycles. The van der Waals surface area contributed by atoms with Gasteiger partial charge in [-0.1, -0.05) is 18.2 Å². The van der Waals surface area contributed by atoms with Gasteiger partial charge in [0.2, 0.25) is 0 Å². The number of fused-ring (bicyclic) bond motifs is 1. The first-order valence-corrected chi connectivity index (χ1v) is 8.11. The van der Waals surface area contributed by atoms with Crippen LogP contribution in [0, 0.1) is 3.57 Å². The monoisotopic (exact) mass is 409 g/mol. The minimum absolute atomic E-state index is 0.0130. The lowest BCUT2D eigenvalue weighted by atomic mass is 10.2. The van der Waals surface area contributed by atoms with Crippen molar-refractivity contribution in [2.45, 2.75) is 6.10 Å². The highest BCUT2D eigenvalue weighted by Crippen LogP contribution is 2.31. The average Bonchev–Trinajstić information content (AvgIpc) is 2.54. The number of nitrogens with zero attached hydrogens (tertiary/aromatic N) is 1. The van der Waals surface area contributed by atoms with Gasteiger partial charge in [0, 0.05) is 16.2 Å². The van der Waals surface area contributed by atoms with E-state index in [1.807, 2.05) is 48.5 Å². The maximum Gasteiger partial charge on any atom is 0.253 e. The van der Waals surface area contributed by atoms with Crippen LogP contribution in [-0.2, 0) is 0 Å². The molecule has 0 N–H and O–H groups in total. The van der Waals surface area contributed by atoms with E-state index in [9.17, 15) is 4.79 Å². The normalized spacial score (nSPS) is 16.2. The van der Waals surface area contributed by atoms with Gasteiger partial charge >= 0.3 is 0 Å². The Labute approximate surface area is 143 Å². The number of benzene rings is 2. The number of amides is 1. The molecule has 0 aromatic heterocycles. The predicted molar refractivity (Wildman–Crippen MR) is 92.5 cm³/mol. The van der Waals surface area contributed by atoms with Crippen molar-refractivity contribution in [3.05, 3.63) is 57.7 Å². The molecule has 114 valence electrons. The number of carbonyl (C=O) groups is 1. The molecule has 2 aromatic carbocycles. The number of likely N-dealkylation sites (N-methyl/N-ethyl adjacent to an activating group) is 1. The fourth-order valence-corrected chi connectivity index (χ4v) is 2.93. The summed E-state index contributed by atoms with van der Waals surface area (Å²) in [6.45, 7) is 0.930. The van der Waals surface area contributed by atoms with Crippen molar-refractivity contribution in [2.24, 2.45) is 0 Å². The third-order valence-electron chi connectivity index (χ3n) is 3.46. The van der Waals surface area contributed by atoms with Gasteiger partial charge in [0.25, 0.3) is 5.91 Å². The molecule has 1 aliphatic heterocycles. The first kappa shape index (κ1) is 15.1. The van der Waals surface area contributed by atoms with Gasteiger partial charge in [-0.05, 0) is 52.9 Å². The molecule has 0 fully saturated rings. The Hall–Kier alpha value is -1.76. The lowest BCUT2D eigenvalue weighted by Gasteiger charge is -2.29. The topological polar surface area (TPSA) is 38.8 Å². The highest BCUT2D eigenvalue weighted by Gasteiger charge is 2.24. The Balaban J connectivity index is 1.65. The maximum atomic E-state index is 12.4. The van der Waals surface area contributed by atoms with Gasteiger partial charge in [0.05, 0.1) is 6.54 Å². The van der Waals surface area contributed by atoms with E-state index in [0.717, 1.165) is 15.1 Å². The van der Waals surface area contributed by atoms with Gasteiger partial charge in [-0.2, -0.15) is 0 Å². The molecule has 1 unspecified atom stereocenters. The van der Waals surface area contributed by atoms with Crippen LogP contribution in [0.1, 0.15) is 10.4 Å². The lowest BCUT2D eigenvalue weighted by molar-refractivity contribution is 0.0521. The molecule has 2 aromatic rings. The number of rotatable bonds is 3. The van der Waals surface area contributed by atoms with Gasteiger partial charge in [-0.15, -0.1) is 0 Å². The molecular formula is C17H16INO3. The van der Waals surface area contributed by atoms with Crippen LogP contribution in [0.3, 0.4) is 0 Å². The van der Waals surface area contributed by atoms with E-state index in [4.69, 9.17) is 9.47 Å². The zero-order chi connectivity index (χ0) is 15.5. The average molecular weight is 409 g/mol. The van der Waals surface area contributed by atoms with Crippen molar-refractivity contribution in [1.29, 1.82) is 0 Å². The smallest absolute Gasteiger partial charge is 0.253 e. The highest BCUT2D eigenvalue weighted by molar-refractivity contribution is 14.1. The summed E-state index contributed by atoms with van der Waals surface area (Å²) < 4.78 is 12.6. The van der Waals surface area contributed by atoms with E-state index in [1.165, 1.54) is 0 Å². The standard InChI is InChI=1S/C17H16INO3/c1-19(17(20)12-5-4-6-13(18)9-12)10-14-11-21-15-7-2-3-8-16(15)22-14/h2-9,14H,10-11H2,1H3. The molecule has 0 aliphatic carbocycles. The summed E-state index contributed by atoms with van der Waals surface area (Å²) in [6.07, 6.45) is -0.161. The van der Waals surface area contributed by atoms with E-state index in [0.29, 0.717) is 18.7 Å². The zero-order valence-corrected chi connectivity index (χ0v) is 14.3. The summed E-state index contributed by atoms with van der Waals surface area (Å²) >= 11 is 2.20. The van der Waals surface area contributed by atoms with E-state index in [1.54, 1.807) is 11.9 Å². The molecule has 0 bridgehead atoms. The third-order valence-corrected chi connectivity index (χ3v) is 4.13. The molecule has 0 radical (unpaired) electrons. The van der Waals surface area contributed by atoms with E-state index in [-0.39, 0.29) is 12.0 Å². The number of ether oxygens (including phenoxy) is 2. The molecule has 1 amide bonds. The van der Waals surface area contributed by atoms with Crippen molar-refractivity contribution in [1.82, 2.24) is 4.90 Å². The summed E-state index contributed by atoms with van der Waals surface area (Å²) in [7, 11) is 1.78. The largest absolute Gasteiger partial charge is 0.486 e. The van der Waals surface area contributed by atoms with Crippen molar-refractivity contribution in [2.75, 3.05) is 20.2 Å². The first-order valence-electron chi connectivity index (χ1n) is 7.03. The van der Waals surface area contributed by atoms with Crippen LogP contribution >= 0.6 is 22.6 Å². The molecule has 1 aliphatic rings. The third kappa shape index (κ3) is 3.35. The van der Waals surface area contributed by atoms with Crippen molar-refractivity contribution >= 4 is 28.5 Å². The number of carbonyl (C=O) groups excluding carboxylic acids is 1. The van der Waals surface area contributed by atoms with Crippen LogP contribution in [0.15, 0.2) is 48.5 Å². The molecular weight excluding hydrogens is 393 g/mol. The van der Waals surface area contributed by atoms with E-state index < -0.39 is 0 Å². The molecule has 0 spiro atoms. The Morgan fingerprint density at radius 1 is 1.23 bits per heavy atom. The molecule has 0 saturated carbocycles. The molecule has 1 atom stereocenters. The van der Waals surface area contributed by atoms with Crippen LogP contribution < -0.4 is 9.47 Å². The lowest BCUT2D eigenvalue weighted by Crippen LogP contribution is -2.41. The fourth-order valence-electron chi connectivity index (χ4n) is 2.38.